The lowest BCUT2D eigenvalue weighted by molar-refractivity contribution is -0.119. The van der Waals surface area contributed by atoms with E-state index in [9.17, 15) is 38.1 Å². The maximum atomic E-state index is 12.3. The molecular formula is C21H23N7O9S. The Morgan fingerprint density at radius 1 is 1.05 bits per heavy atom. The van der Waals surface area contributed by atoms with Crippen LogP contribution in [-0.4, -0.2) is 85.8 Å². The minimum atomic E-state index is -4.44. The third-order valence-electron chi connectivity index (χ3n) is 5.76. The zero-order chi connectivity index (χ0) is 27.6. The van der Waals surface area contributed by atoms with Crippen LogP contribution in [0.25, 0.3) is 11.2 Å². The molecule has 3 aromatic rings. The molecule has 0 aliphatic carbocycles. The first-order valence-electron chi connectivity index (χ1n) is 11.1. The van der Waals surface area contributed by atoms with E-state index in [2.05, 4.69) is 15.0 Å². The Hall–Kier alpha value is -4.03. The number of carbonyl (C=O) groups excluding carboxylic acids is 2. The summed E-state index contributed by atoms with van der Waals surface area (Å²) < 4.78 is 35.4. The lowest BCUT2D eigenvalue weighted by Crippen LogP contribution is -2.45. The molecule has 0 radical (unpaired) electrons. The maximum Gasteiger partial charge on any atom is 0.336 e. The summed E-state index contributed by atoms with van der Waals surface area (Å²) in [5, 5.41) is 30.0. The first kappa shape index (κ1) is 27.0. The van der Waals surface area contributed by atoms with Crippen molar-refractivity contribution in [3.8, 4) is 0 Å². The van der Waals surface area contributed by atoms with Gasteiger partial charge in [-0.25, -0.2) is 24.5 Å². The number of ketones is 1. The molecule has 0 spiro atoms. The molecule has 4 atom stereocenters. The number of Topliss-reactive ketones (excluding diaryl/α,β-unsaturated/α-hetero) is 1. The van der Waals surface area contributed by atoms with Gasteiger partial charge in [0.1, 0.15) is 30.2 Å². The Labute approximate surface area is 214 Å². The van der Waals surface area contributed by atoms with Gasteiger partial charge < -0.3 is 25.8 Å². The Morgan fingerprint density at radius 3 is 2.47 bits per heavy atom. The van der Waals surface area contributed by atoms with Gasteiger partial charge in [0.15, 0.2) is 23.5 Å². The summed E-state index contributed by atoms with van der Waals surface area (Å²) in [6.45, 7) is -0.522. The van der Waals surface area contributed by atoms with Gasteiger partial charge in [-0.05, 0) is 6.07 Å². The Morgan fingerprint density at radius 2 is 1.76 bits per heavy atom. The van der Waals surface area contributed by atoms with Crippen LogP contribution < -0.4 is 15.2 Å². The second-order valence-corrected chi connectivity index (χ2v) is 9.78. The average Bonchev–Trinajstić information content (AvgIpc) is 3.42. The molecule has 1 saturated heterocycles. The standard InChI is InChI=1S/C21H23N7O9S/c22-18-15-19(24-8-23-18)28(9-25-15)20-17(32)16(31)13(37-20)7-26-38(35,36)27-14(30)6-5-12(29)10-3-1-2-4-11(10)21(33)34/h1-4,8-9,13,16-17,20,26,31-32H,5-7H2,(H,27,30)(H,33,34)(H2,22,23,24)/t13-,16-,17-,20-/m1/s1. The number of carboxylic acids is 1. The number of aromatic nitrogens is 4. The highest BCUT2D eigenvalue weighted by Crippen LogP contribution is 2.31. The van der Waals surface area contributed by atoms with Gasteiger partial charge in [-0.1, -0.05) is 18.2 Å². The van der Waals surface area contributed by atoms with Crippen molar-refractivity contribution in [3.05, 3.63) is 48.0 Å². The minimum absolute atomic E-state index is 0.0923. The quantitative estimate of drug-likeness (QED) is 0.155. The molecule has 0 bridgehead atoms. The van der Waals surface area contributed by atoms with Crippen LogP contribution in [0, 0.1) is 0 Å². The van der Waals surface area contributed by atoms with Crippen molar-refractivity contribution in [3.63, 3.8) is 0 Å². The summed E-state index contributed by atoms with van der Waals surface area (Å²) in [6, 6.07) is 5.45. The molecule has 1 aliphatic rings. The molecule has 1 aliphatic heterocycles. The number of rotatable bonds is 10. The number of fused-ring (bicyclic) bond motifs is 1. The largest absolute Gasteiger partial charge is 0.478 e. The third-order valence-corrected chi connectivity index (χ3v) is 6.80. The molecule has 1 amide bonds. The van der Waals surface area contributed by atoms with E-state index in [1.54, 1.807) is 4.72 Å². The van der Waals surface area contributed by atoms with Crippen LogP contribution >= 0.6 is 0 Å². The highest BCUT2D eigenvalue weighted by Gasteiger charge is 2.44. The van der Waals surface area contributed by atoms with Crippen molar-refractivity contribution in [1.82, 2.24) is 29.0 Å². The molecule has 7 N–H and O–H groups in total. The second kappa shape index (κ2) is 10.8. The number of nitrogen functional groups attached to an aromatic ring is 1. The number of nitrogens with zero attached hydrogens (tertiary/aromatic N) is 4. The number of aromatic carboxylic acids is 1. The van der Waals surface area contributed by atoms with Gasteiger partial charge in [-0.2, -0.15) is 13.1 Å². The number of aliphatic hydroxyl groups is 2. The maximum absolute atomic E-state index is 12.3. The number of anilines is 1. The van der Waals surface area contributed by atoms with E-state index in [1.165, 1.54) is 41.5 Å². The van der Waals surface area contributed by atoms with E-state index >= 15 is 0 Å². The van der Waals surface area contributed by atoms with Crippen LogP contribution in [0.3, 0.4) is 0 Å². The van der Waals surface area contributed by atoms with Crippen molar-refractivity contribution in [2.45, 2.75) is 37.4 Å². The van der Waals surface area contributed by atoms with Crippen LogP contribution in [-0.2, 0) is 19.7 Å². The molecule has 17 heteroatoms. The molecule has 4 rings (SSSR count). The first-order chi connectivity index (χ1) is 18.0. The van der Waals surface area contributed by atoms with E-state index in [0.29, 0.717) is 0 Å². The number of benzene rings is 1. The number of nitrogens with one attached hydrogen (secondary N) is 2. The molecular weight excluding hydrogens is 526 g/mol. The topological polar surface area (TPSA) is 249 Å². The van der Waals surface area contributed by atoms with E-state index in [1.807, 2.05) is 4.72 Å². The van der Waals surface area contributed by atoms with Gasteiger partial charge in [0.2, 0.25) is 5.91 Å². The number of ether oxygens (including phenoxy) is 1. The summed E-state index contributed by atoms with van der Waals surface area (Å²) >= 11 is 0. The fraction of sp³-hybridized carbons (Fsp3) is 0.333. The Bertz CT molecular complexity index is 1490. The monoisotopic (exact) mass is 549 g/mol. The van der Waals surface area contributed by atoms with E-state index in [-0.39, 0.29) is 28.1 Å². The average molecular weight is 550 g/mol. The van der Waals surface area contributed by atoms with E-state index in [0.717, 1.165) is 0 Å². The number of nitrogens with two attached hydrogens (primary N) is 1. The number of hydrogen-bond donors (Lipinski definition) is 6. The molecule has 16 nitrogen and oxygen atoms in total. The van der Waals surface area contributed by atoms with Crippen LogP contribution in [0.15, 0.2) is 36.9 Å². The first-order valence-corrected chi connectivity index (χ1v) is 12.6. The number of carboxylic acid groups (broad SMARTS) is 1. The van der Waals surface area contributed by atoms with Gasteiger partial charge >= 0.3 is 16.2 Å². The van der Waals surface area contributed by atoms with Crippen molar-refractivity contribution in [2.75, 3.05) is 12.3 Å². The van der Waals surface area contributed by atoms with Crippen molar-refractivity contribution < 1.29 is 42.9 Å². The van der Waals surface area contributed by atoms with Crippen molar-refractivity contribution in [1.29, 1.82) is 0 Å². The molecule has 202 valence electrons. The fourth-order valence-electron chi connectivity index (χ4n) is 3.89. The number of amides is 1. The predicted molar refractivity (Wildman–Crippen MR) is 128 cm³/mol. The predicted octanol–water partition coefficient (Wildman–Crippen LogP) is -1.66. The normalized spacial score (nSPS) is 21.4. The zero-order valence-electron chi connectivity index (χ0n) is 19.5. The number of carbonyl (C=O) groups is 3. The SMILES string of the molecule is Nc1ncnc2c1ncn2[C@@H]1O[C@H](CNS(=O)(=O)NC(=O)CCC(=O)c2ccccc2C(=O)O)[C@@H](O)[C@H]1O. The number of hydrogen-bond acceptors (Lipinski definition) is 12. The van der Waals surface area contributed by atoms with E-state index in [4.69, 9.17) is 10.5 Å². The lowest BCUT2D eigenvalue weighted by Gasteiger charge is -2.16. The molecule has 3 heterocycles. The molecule has 38 heavy (non-hydrogen) atoms. The molecule has 0 unspecified atom stereocenters. The van der Waals surface area contributed by atoms with Crippen LogP contribution in [0.2, 0.25) is 0 Å². The van der Waals surface area contributed by atoms with Gasteiger partial charge in [-0.3, -0.25) is 14.2 Å². The van der Waals surface area contributed by atoms with E-state index < -0.39 is 71.8 Å². The Kier molecular flexibility index (Phi) is 7.65. The summed E-state index contributed by atoms with van der Waals surface area (Å²) in [6.07, 6.45) is -3.89. The fourth-order valence-corrected chi connectivity index (χ4v) is 4.74. The molecule has 0 saturated carbocycles. The zero-order valence-corrected chi connectivity index (χ0v) is 20.3. The molecule has 1 aromatic carbocycles. The van der Waals surface area contributed by atoms with Crippen LogP contribution in [0.1, 0.15) is 39.8 Å². The third kappa shape index (κ3) is 5.60. The van der Waals surface area contributed by atoms with Crippen molar-refractivity contribution >= 4 is 44.9 Å². The highest BCUT2D eigenvalue weighted by molar-refractivity contribution is 7.88. The molecule has 2 aromatic heterocycles. The van der Waals surface area contributed by atoms with Gasteiger partial charge in [-0.15, -0.1) is 0 Å². The smallest absolute Gasteiger partial charge is 0.336 e. The number of imidazole rings is 1. The molecule has 1 fully saturated rings. The van der Waals surface area contributed by atoms with Crippen molar-refractivity contribution in [2.24, 2.45) is 0 Å². The number of aliphatic hydroxyl groups excluding tert-OH is 2. The summed E-state index contributed by atoms with van der Waals surface area (Å²) in [4.78, 5) is 47.6. The van der Waals surface area contributed by atoms with Gasteiger partial charge in [0, 0.05) is 24.9 Å². The van der Waals surface area contributed by atoms with Crippen LogP contribution in [0.5, 0.6) is 0 Å². The van der Waals surface area contributed by atoms with Gasteiger partial charge in [0.05, 0.1) is 11.9 Å². The Balaban J connectivity index is 1.32. The minimum Gasteiger partial charge on any atom is -0.478 e. The summed E-state index contributed by atoms with van der Waals surface area (Å²) in [7, 11) is -4.44. The lowest BCUT2D eigenvalue weighted by atomic mass is 10.0. The van der Waals surface area contributed by atoms with Gasteiger partial charge in [0.25, 0.3) is 0 Å². The van der Waals surface area contributed by atoms with Crippen LogP contribution in [0.4, 0.5) is 5.82 Å². The highest BCUT2D eigenvalue weighted by atomic mass is 32.2. The second-order valence-electron chi connectivity index (χ2n) is 8.28. The summed E-state index contributed by atoms with van der Waals surface area (Å²) in [5.41, 5.74) is 5.88. The summed E-state index contributed by atoms with van der Waals surface area (Å²) in [5.74, 6) is -2.89.